The SMILES string of the molecule is COCCCOc1cc(C(=O)N(CC2CNCC2CN(C(=O)CC(C)(C)n2cccc2)C2CC2)C(C)C)ccc1OC. The standard InChI is InChI=1S/C33H50N4O5/c1-24(2)36(32(39)25-10-13-29(41-6)30(18-25)42-17-9-16-40-5)22-26-20-34-21-27(26)23-37(28-11-12-28)31(38)19-33(3,4)35-14-7-8-15-35/h7-8,10,13-15,18,24,26-28,34H,9,11-12,16-17,19-23H2,1-6H3. The number of carbonyl (C=O) groups excluding carboxylic acids is 2. The van der Waals surface area contributed by atoms with Crippen molar-refractivity contribution in [3.05, 3.63) is 48.3 Å². The molecule has 42 heavy (non-hydrogen) atoms. The van der Waals surface area contributed by atoms with Crippen LogP contribution in [0.25, 0.3) is 0 Å². The number of aromatic nitrogens is 1. The number of nitrogens with one attached hydrogen (secondary N) is 1. The molecule has 1 aromatic heterocycles. The molecule has 1 aromatic carbocycles. The molecule has 2 unspecified atom stereocenters. The Kier molecular flexibility index (Phi) is 11.0. The summed E-state index contributed by atoms with van der Waals surface area (Å²) in [5.74, 6) is 1.90. The van der Waals surface area contributed by atoms with E-state index in [0.29, 0.717) is 49.3 Å². The minimum atomic E-state index is -0.285. The number of hydrogen-bond donors (Lipinski definition) is 1. The molecule has 4 rings (SSSR count). The number of hydrogen-bond acceptors (Lipinski definition) is 6. The Hall–Kier alpha value is -3.04. The molecule has 1 saturated heterocycles. The first kappa shape index (κ1) is 31.9. The van der Waals surface area contributed by atoms with E-state index in [4.69, 9.17) is 14.2 Å². The molecule has 1 aliphatic carbocycles. The molecule has 1 N–H and O–H groups in total. The largest absolute Gasteiger partial charge is 0.493 e. The van der Waals surface area contributed by atoms with E-state index in [1.807, 2.05) is 35.5 Å². The average Bonchev–Trinajstić information content (AvgIpc) is 3.43. The van der Waals surface area contributed by atoms with Crippen LogP contribution >= 0.6 is 0 Å². The first-order valence-electron chi connectivity index (χ1n) is 15.4. The molecule has 2 fully saturated rings. The predicted octanol–water partition coefficient (Wildman–Crippen LogP) is 4.41. The summed E-state index contributed by atoms with van der Waals surface area (Å²) >= 11 is 0. The molecule has 0 bridgehead atoms. The molecule has 2 amide bonds. The molecule has 232 valence electrons. The molecule has 9 heteroatoms. The van der Waals surface area contributed by atoms with Crippen molar-refractivity contribution in [2.75, 3.05) is 53.6 Å². The topological polar surface area (TPSA) is 85.3 Å². The highest BCUT2D eigenvalue weighted by molar-refractivity contribution is 5.95. The quantitative estimate of drug-likeness (QED) is 0.295. The number of carbonyl (C=O) groups is 2. The van der Waals surface area contributed by atoms with Crippen LogP contribution in [0.2, 0.25) is 0 Å². The zero-order chi connectivity index (χ0) is 30.3. The fourth-order valence-corrected chi connectivity index (χ4v) is 5.86. The Balaban J connectivity index is 1.43. The van der Waals surface area contributed by atoms with Crippen molar-refractivity contribution < 1.29 is 23.8 Å². The Morgan fingerprint density at radius 3 is 2.33 bits per heavy atom. The minimum absolute atomic E-state index is 0.0236. The second-order valence-electron chi connectivity index (χ2n) is 12.6. The van der Waals surface area contributed by atoms with E-state index in [9.17, 15) is 9.59 Å². The van der Waals surface area contributed by atoms with Crippen LogP contribution < -0.4 is 14.8 Å². The van der Waals surface area contributed by atoms with Gasteiger partial charge >= 0.3 is 0 Å². The van der Waals surface area contributed by atoms with E-state index in [1.54, 1.807) is 26.4 Å². The number of benzene rings is 1. The maximum absolute atomic E-state index is 13.8. The van der Waals surface area contributed by atoms with Crippen LogP contribution in [0.5, 0.6) is 11.5 Å². The highest BCUT2D eigenvalue weighted by atomic mass is 16.5. The van der Waals surface area contributed by atoms with Gasteiger partial charge in [0.15, 0.2) is 11.5 Å². The second-order valence-corrected chi connectivity index (χ2v) is 12.6. The van der Waals surface area contributed by atoms with Crippen molar-refractivity contribution in [2.45, 2.75) is 71.0 Å². The van der Waals surface area contributed by atoms with Crippen LogP contribution in [0, 0.1) is 11.8 Å². The zero-order valence-electron chi connectivity index (χ0n) is 26.3. The van der Waals surface area contributed by atoms with Gasteiger partial charge in [-0.15, -0.1) is 0 Å². The Morgan fingerprint density at radius 1 is 1.02 bits per heavy atom. The number of amides is 2. The number of nitrogens with zero attached hydrogens (tertiary/aromatic N) is 3. The van der Waals surface area contributed by atoms with Crippen molar-refractivity contribution >= 4 is 11.8 Å². The Morgan fingerprint density at radius 2 is 1.71 bits per heavy atom. The number of rotatable bonds is 16. The highest BCUT2D eigenvalue weighted by Gasteiger charge is 2.40. The van der Waals surface area contributed by atoms with E-state index in [2.05, 4.69) is 42.5 Å². The van der Waals surface area contributed by atoms with Gasteiger partial charge < -0.3 is 33.9 Å². The summed E-state index contributed by atoms with van der Waals surface area (Å²) in [4.78, 5) is 31.6. The molecule has 9 nitrogen and oxygen atoms in total. The van der Waals surface area contributed by atoms with Crippen LogP contribution in [0.15, 0.2) is 42.7 Å². The molecular weight excluding hydrogens is 532 g/mol. The number of methoxy groups -OCH3 is 2. The van der Waals surface area contributed by atoms with Crippen LogP contribution in [0.4, 0.5) is 0 Å². The molecule has 1 aliphatic heterocycles. The third kappa shape index (κ3) is 8.07. The maximum atomic E-state index is 13.8. The molecule has 0 spiro atoms. The molecule has 2 aliphatic rings. The van der Waals surface area contributed by atoms with Gasteiger partial charge in [0.2, 0.25) is 5.91 Å². The first-order valence-corrected chi connectivity index (χ1v) is 15.4. The fourth-order valence-electron chi connectivity index (χ4n) is 5.86. The van der Waals surface area contributed by atoms with E-state index in [1.165, 1.54) is 0 Å². The lowest BCUT2D eigenvalue weighted by molar-refractivity contribution is -0.134. The third-order valence-corrected chi connectivity index (χ3v) is 8.58. The van der Waals surface area contributed by atoms with Gasteiger partial charge in [-0.3, -0.25) is 9.59 Å². The molecule has 2 atom stereocenters. The monoisotopic (exact) mass is 582 g/mol. The third-order valence-electron chi connectivity index (χ3n) is 8.58. The Labute approximate surface area is 251 Å². The lowest BCUT2D eigenvalue weighted by atomic mass is 9.93. The van der Waals surface area contributed by atoms with Crippen molar-refractivity contribution in [3.8, 4) is 11.5 Å². The first-order chi connectivity index (χ1) is 20.1. The molecule has 0 radical (unpaired) electrons. The summed E-state index contributed by atoms with van der Waals surface area (Å²) in [5, 5.41) is 3.55. The van der Waals surface area contributed by atoms with Crippen molar-refractivity contribution in [3.63, 3.8) is 0 Å². The van der Waals surface area contributed by atoms with Gasteiger partial charge in [-0.1, -0.05) is 0 Å². The van der Waals surface area contributed by atoms with E-state index >= 15 is 0 Å². The summed E-state index contributed by atoms with van der Waals surface area (Å²) in [6, 6.07) is 9.76. The van der Waals surface area contributed by atoms with E-state index in [-0.39, 0.29) is 35.2 Å². The molecule has 2 heterocycles. The van der Waals surface area contributed by atoms with E-state index in [0.717, 1.165) is 38.9 Å². The Bertz CT molecular complexity index is 1160. The fraction of sp³-hybridized carbons (Fsp3) is 0.636. The summed E-state index contributed by atoms with van der Waals surface area (Å²) in [7, 11) is 3.27. The maximum Gasteiger partial charge on any atom is 0.254 e. The summed E-state index contributed by atoms with van der Waals surface area (Å²) < 4.78 is 18.7. The van der Waals surface area contributed by atoms with Crippen LogP contribution in [0.1, 0.15) is 63.7 Å². The smallest absolute Gasteiger partial charge is 0.254 e. The van der Waals surface area contributed by atoms with Crippen LogP contribution in [-0.2, 0) is 15.1 Å². The van der Waals surface area contributed by atoms with Gasteiger partial charge in [0, 0.05) is 88.3 Å². The summed E-state index contributed by atoms with van der Waals surface area (Å²) in [6.07, 6.45) is 7.42. The minimum Gasteiger partial charge on any atom is -0.493 e. The molecule has 1 saturated carbocycles. The lowest BCUT2D eigenvalue weighted by Gasteiger charge is -2.35. The van der Waals surface area contributed by atoms with Crippen LogP contribution in [-0.4, -0.2) is 91.9 Å². The van der Waals surface area contributed by atoms with Gasteiger partial charge in [0.05, 0.1) is 13.7 Å². The predicted molar refractivity (Wildman–Crippen MR) is 164 cm³/mol. The van der Waals surface area contributed by atoms with Gasteiger partial charge in [0.25, 0.3) is 5.91 Å². The molecule has 2 aromatic rings. The second kappa shape index (κ2) is 14.4. The zero-order valence-corrected chi connectivity index (χ0v) is 26.3. The van der Waals surface area contributed by atoms with Gasteiger partial charge in [-0.05, 0) is 82.7 Å². The summed E-state index contributed by atoms with van der Waals surface area (Å²) in [5.41, 5.74) is 0.294. The summed E-state index contributed by atoms with van der Waals surface area (Å²) in [6.45, 7) is 12.5. The van der Waals surface area contributed by atoms with Crippen LogP contribution in [0.3, 0.4) is 0 Å². The van der Waals surface area contributed by atoms with E-state index < -0.39 is 0 Å². The average molecular weight is 583 g/mol. The van der Waals surface area contributed by atoms with Gasteiger partial charge in [-0.25, -0.2) is 0 Å². The van der Waals surface area contributed by atoms with Gasteiger partial charge in [0.1, 0.15) is 0 Å². The van der Waals surface area contributed by atoms with Crippen molar-refractivity contribution in [2.24, 2.45) is 11.8 Å². The number of ether oxygens (including phenoxy) is 3. The normalized spacial score (nSPS) is 18.7. The van der Waals surface area contributed by atoms with Crippen molar-refractivity contribution in [1.82, 2.24) is 19.7 Å². The highest BCUT2D eigenvalue weighted by Crippen LogP contribution is 2.33. The lowest BCUT2D eigenvalue weighted by Crippen LogP contribution is -2.46. The van der Waals surface area contributed by atoms with Crippen molar-refractivity contribution in [1.29, 1.82) is 0 Å². The van der Waals surface area contributed by atoms with Gasteiger partial charge in [-0.2, -0.15) is 0 Å². The molecular formula is C33H50N4O5.